The van der Waals surface area contributed by atoms with Crippen LogP contribution in [-0.4, -0.2) is 15.9 Å². The molecule has 1 heterocycles. The molecule has 0 unspecified atom stereocenters. The van der Waals surface area contributed by atoms with Gasteiger partial charge in [0.05, 0.1) is 0 Å². The van der Waals surface area contributed by atoms with Gasteiger partial charge in [-0.25, -0.2) is 9.97 Å². The maximum atomic E-state index is 12.6. The van der Waals surface area contributed by atoms with Gasteiger partial charge in [0.15, 0.2) is 0 Å². The predicted molar refractivity (Wildman–Crippen MR) is 109 cm³/mol. The Labute approximate surface area is 159 Å². The third-order valence-electron chi connectivity index (χ3n) is 4.56. The van der Waals surface area contributed by atoms with E-state index in [9.17, 15) is 4.79 Å². The number of hydrogen-bond donors (Lipinski definition) is 2. The van der Waals surface area contributed by atoms with Gasteiger partial charge in [0.1, 0.15) is 17.3 Å². The monoisotopic (exact) mass is 360 g/mol. The van der Waals surface area contributed by atoms with Crippen LogP contribution < -0.4 is 10.6 Å². The number of carbonyl (C=O) groups excluding carboxylic acids is 1. The van der Waals surface area contributed by atoms with Gasteiger partial charge in [-0.1, -0.05) is 30.3 Å². The molecule has 27 heavy (non-hydrogen) atoms. The summed E-state index contributed by atoms with van der Waals surface area (Å²) in [7, 11) is 0. The molecule has 0 aliphatic carbocycles. The number of aromatic nitrogens is 2. The van der Waals surface area contributed by atoms with Crippen molar-refractivity contribution in [1.29, 1.82) is 0 Å². The highest BCUT2D eigenvalue weighted by atomic mass is 16.1. The van der Waals surface area contributed by atoms with Gasteiger partial charge in [-0.3, -0.25) is 4.79 Å². The van der Waals surface area contributed by atoms with Crippen LogP contribution in [0.2, 0.25) is 0 Å². The highest BCUT2D eigenvalue weighted by molar-refractivity contribution is 6.03. The first-order valence-corrected chi connectivity index (χ1v) is 8.95. The van der Waals surface area contributed by atoms with Crippen LogP contribution in [0.1, 0.15) is 38.6 Å². The molecule has 0 bridgehead atoms. The highest BCUT2D eigenvalue weighted by Gasteiger charge is 2.11. The maximum Gasteiger partial charge on any atom is 0.274 e. The molecule has 0 saturated heterocycles. The Bertz CT molecular complexity index is 982. The third-order valence-corrected chi connectivity index (χ3v) is 4.56. The van der Waals surface area contributed by atoms with Crippen LogP contribution in [-0.2, 0) is 6.54 Å². The Morgan fingerprint density at radius 3 is 2.41 bits per heavy atom. The Morgan fingerprint density at radius 2 is 1.67 bits per heavy atom. The van der Waals surface area contributed by atoms with Crippen molar-refractivity contribution in [3.8, 4) is 0 Å². The minimum absolute atomic E-state index is 0.248. The van der Waals surface area contributed by atoms with Crippen molar-refractivity contribution in [2.24, 2.45) is 0 Å². The zero-order valence-electron chi connectivity index (χ0n) is 16.1. The van der Waals surface area contributed by atoms with Crippen LogP contribution in [0.3, 0.4) is 0 Å². The van der Waals surface area contributed by atoms with Crippen LogP contribution in [0, 0.1) is 27.7 Å². The van der Waals surface area contributed by atoms with Gasteiger partial charge >= 0.3 is 0 Å². The zero-order chi connectivity index (χ0) is 19.4. The molecule has 5 nitrogen and oxygen atoms in total. The first kappa shape index (κ1) is 18.6. The summed E-state index contributed by atoms with van der Waals surface area (Å²) in [5, 5.41) is 6.19. The molecule has 0 aliphatic heterocycles. The van der Waals surface area contributed by atoms with Crippen molar-refractivity contribution in [2.45, 2.75) is 34.2 Å². The summed E-state index contributed by atoms with van der Waals surface area (Å²) < 4.78 is 0. The molecular formula is C22H24N4O. The molecule has 0 aliphatic rings. The Hall–Kier alpha value is -3.21. The second-order valence-corrected chi connectivity index (χ2v) is 6.72. The standard InChI is InChI=1S/C22H24N4O/c1-14-9-10-19(11-16(14)3)26-22(27)20-12-21(25-17(4)24-20)23-13-18-8-6-5-7-15(18)2/h5-12H,13H2,1-4H3,(H,26,27)(H,23,24,25). The van der Waals surface area contributed by atoms with Crippen molar-refractivity contribution in [3.05, 3.63) is 82.3 Å². The van der Waals surface area contributed by atoms with Crippen LogP contribution in [0.15, 0.2) is 48.5 Å². The van der Waals surface area contributed by atoms with Gasteiger partial charge < -0.3 is 10.6 Å². The lowest BCUT2D eigenvalue weighted by atomic mass is 10.1. The molecule has 2 N–H and O–H groups in total. The van der Waals surface area contributed by atoms with Gasteiger partial charge in [0.2, 0.25) is 0 Å². The molecule has 1 aromatic heterocycles. The van der Waals surface area contributed by atoms with E-state index in [0.717, 1.165) is 11.3 Å². The van der Waals surface area contributed by atoms with Crippen LogP contribution >= 0.6 is 0 Å². The number of nitrogens with zero attached hydrogens (tertiary/aromatic N) is 2. The maximum absolute atomic E-state index is 12.6. The predicted octanol–water partition coefficient (Wildman–Crippen LogP) is 4.57. The SMILES string of the molecule is Cc1nc(NCc2ccccc2C)cc(C(=O)Nc2ccc(C)c(C)c2)n1. The molecule has 0 fully saturated rings. The van der Waals surface area contributed by atoms with E-state index in [4.69, 9.17) is 0 Å². The van der Waals surface area contributed by atoms with E-state index in [1.165, 1.54) is 16.7 Å². The van der Waals surface area contributed by atoms with Gasteiger partial charge in [-0.05, 0) is 62.1 Å². The number of benzene rings is 2. The summed E-state index contributed by atoms with van der Waals surface area (Å²) in [6.45, 7) is 8.56. The molecule has 2 aromatic carbocycles. The minimum atomic E-state index is -0.248. The van der Waals surface area contributed by atoms with E-state index in [1.807, 2.05) is 44.2 Å². The molecule has 0 spiro atoms. The lowest BCUT2D eigenvalue weighted by molar-refractivity contribution is 0.102. The van der Waals surface area contributed by atoms with Gasteiger partial charge in [0, 0.05) is 18.3 Å². The Balaban J connectivity index is 1.75. The first-order valence-electron chi connectivity index (χ1n) is 8.95. The number of amides is 1. The van der Waals surface area contributed by atoms with Crippen LogP contribution in [0.25, 0.3) is 0 Å². The molecular weight excluding hydrogens is 336 g/mol. The van der Waals surface area contributed by atoms with E-state index in [1.54, 1.807) is 13.0 Å². The topological polar surface area (TPSA) is 66.9 Å². The van der Waals surface area contributed by atoms with Gasteiger partial charge in [0.25, 0.3) is 5.91 Å². The summed E-state index contributed by atoms with van der Waals surface area (Å²) in [5.41, 5.74) is 5.82. The molecule has 3 aromatic rings. The van der Waals surface area contributed by atoms with Gasteiger partial charge in [-0.2, -0.15) is 0 Å². The number of nitrogens with one attached hydrogen (secondary N) is 2. The molecule has 138 valence electrons. The molecule has 1 amide bonds. The largest absolute Gasteiger partial charge is 0.366 e. The number of aryl methyl sites for hydroxylation is 4. The second-order valence-electron chi connectivity index (χ2n) is 6.72. The number of hydrogen-bond acceptors (Lipinski definition) is 4. The third kappa shape index (κ3) is 4.70. The summed E-state index contributed by atoms with van der Waals surface area (Å²) in [6.07, 6.45) is 0. The van der Waals surface area contributed by atoms with E-state index in [0.29, 0.717) is 23.9 Å². The van der Waals surface area contributed by atoms with Crippen molar-refractivity contribution >= 4 is 17.4 Å². The molecule has 3 rings (SSSR count). The Kier molecular flexibility index (Phi) is 5.50. The average Bonchev–Trinajstić information content (AvgIpc) is 2.63. The van der Waals surface area contributed by atoms with Crippen LogP contribution in [0.4, 0.5) is 11.5 Å². The molecule has 0 atom stereocenters. The number of carbonyl (C=O) groups is 1. The Morgan fingerprint density at radius 1 is 0.889 bits per heavy atom. The smallest absolute Gasteiger partial charge is 0.274 e. The molecule has 0 saturated carbocycles. The lowest BCUT2D eigenvalue weighted by Gasteiger charge is -2.11. The van der Waals surface area contributed by atoms with Crippen molar-refractivity contribution in [3.63, 3.8) is 0 Å². The summed E-state index contributed by atoms with van der Waals surface area (Å²) in [5.74, 6) is 0.939. The number of anilines is 2. The summed E-state index contributed by atoms with van der Waals surface area (Å²) in [6, 6.07) is 15.7. The minimum Gasteiger partial charge on any atom is -0.366 e. The lowest BCUT2D eigenvalue weighted by Crippen LogP contribution is -2.16. The van der Waals surface area contributed by atoms with E-state index in [-0.39, 0.29) is 5.91 Å². The van der Waals surface area contributed by atoms with Crippen molar-refractivity contribution < 1.29 is 4.79 Å². The fraction of sp³-hybridized carbons (Fsp3) is 0.227. The summed E-state index contributed by atoms with van der Waals surface area (Å²) in [4.78, 5) is 21.3. The fourth-order valence-electron chi connectivity index (χ4n) is 2.78. The summed E-state index contributed by atoms with van der Waals surface area (Å²) >= 11 is 0. The first-order chi connectivity index (χ1) is 12.9. The quantitative estimate of drug-likeness (QED) is 0.699. The van der Waals surface area contributed by atoms with E-state index < -0.39 is 0 Å². The van der Waals surface area contributed by atoms with Crippen molar-refractivity contribution in [2.75, 3.05) is 10.6 Å². The normalized spacial score (nSPS) is 10.5. The average molecular weight is 360 g/mol. The second kappa shape index (κ2) is 7.99. The zero-order valence-corrected chi connectivity index (χ0v) is 16.1. The number of rotatable bonds is 5. The van der Waals surface area contributed by atoms with Crippen LogP contribution in [0.5, 0.6) is 0 Å². The molecule has 0 radical (unpaired) electrons. The van der Waals surface area contributed by atoms with Gasteiger partial charge in [-0.15, -0.1) is 0 Å². The highest BCUT2D eigenvalue weighted by Crippen LogP contribution is 2.16. The van der Waals surface area contributed by atoms with E-state index >= 15 is 0 Å². The van der Waals surface area contributed by atoms with Crippen molar-refractivity contribution in [1.82, 2.24) is 9.97 Å². The van der Waals surface area contributed by atoms with E-state index in [2.05, 4.69) is 39.7 Å². The molecule has 5 heteroatoms. The fourth-order valence-corrected chi connectivity index (χ4v) is 2.78.